The van der Waals surface area contributed by atoms with Crippen molar-refractivity contribution in [1.82, 2.24) is 9.88 Å². The number of amides is 2. The van der Waals surface area contributed by atoms with E-state index in [0.29, 0.717) is 18.4 Å². The first-order valence-corrected chi connectivity index (χ1v) is 11.4. The molecule has 1 saturated carbocycles. The molecule has 1 saturated heterocycles. The summed E-state index contributed by atoms with van der Waals surface area (Å²) in [5, 5.41) is 0. The number of hydrogen-bond donors (Lipinski definition) is 1. The molecule has 0 bridgehead atoms. The Balaban J connectivity index is 1.64. The van der Waals surface area contributed by atoms with Gasteiger partial charge in [-0.2, -0.15) is 0 Å². The van der Waals surface area contributed by atoms with Crippen LogP contribution in [0.4, 0.5) is 0 Å². The van der Waals surface area contributed by atoms with Crippen molar-refractivity contribution in [2.75, 3.05) is 19.8 Å². The third-order valence-electron chi connectivity index (χ3n) is 6.14. The molecule has 1 aliphatic carbocycles. The van der Waals surface area contributed by atoms with Crippen molar-refractivity contribution in [3.8, 4) is 0 Å². The SMILES string of the molecule is CCOC(=O)c1[nH]c(COC(=O)CCN2C(=O)C3CCCCC3C2=O)c(C(=O)OCC)c1C. The monoisotopic (exact) mass is 462 g/mol. The first kappa shape index (κ1) is 24.5. The summed E-state index contributed by atoms with van der Waals surface area (Å²) in [7, 11) is 0. The number of carbonyl (C=O) groups is 5. The average molecular weight is 462 g/mol. The van der Waals surface area contributed by atoms with Gasteiger partial charge in [-0.05, 0) is 39.2 Å². The molecule has 2 unspecified atom stereocenters. The van der Waals surface area contributed by atoms with Crippen LogP contribution in [-0.2, 0) is 35.2 Å². The van der Waals surface area contributed by atoms with Crippen molar-refractivity contribution in [2.24, 2.45) is 11.8 Å². The number of esters is 3. The van der Waals surface area contributed by atoms with Crippen LogP contribution in [0, 0.1) is 18.8 Å². The molecule has 180 valence electrons. The maximum atomic E-state index is 12.5. The molecule has 10 nitrogen and oxygen atoms in total. The van der Waals surface area contributed by atoms with E-state index in [1.54, 1.807) is 20.8 Å². The van der Waals surface area contributed by atoms with E-state index >= 15 is 0 Å². The number of nitrogens with one attached hydrogen (secondary N) is 1. The number of ether oxygens (including phenoxy) is 3. The predicted octanol–water partition coefficient (Wildman–Crippen LogP) is 2.29. The fourth-order valence-corrected chi connectivity index (χ4v) is 4.53. The molecule has 3 rings (SSSR count). The quantitative estimate of drug-likeness (QED) is 0.336. The molecule has 0 aromatic carbocycles. The Morgan fingerprint density at radius 3 is 2.09 bits per heavy atom. The van der Waals surface area contributed by atoms with Gasteiger partial charge in [0.05, 0.1) is 42.7 Å². The van der Waals surface area contributed by atoms with Crippen LogP contribution in [0.3, 0.4) is 0 Å². The van der Waals surface area contributed by atoms with Crippen molar-refractivity contribution in [3.05, 3.63) is 22.5 Å². The molecule has 2 heterocycles. The molecule has 0 radical (unpaired) electrons. The lowest BCUT2D eigenvalue weighted by atomic mass is 9.81. The molecular formula is C23H30N2O8. The molecule has 2 amide bonds. The van der Waals surface area contributed by atoms with Crippen LogP contribution < -0.4 is 0 Å². The van der Waals surface area contributed by atoms with Gasteiger partial charge in [-0.1, -0.05) is 12.8 Å². The number of hydrogen-bond acceptors (Lipinski definition) is 8. The highest BCUT2D eigenvalue weighted by Crippen LogP contribution is 2.38. The molecule has 10 heteroatoms. The lowest BCUT2D eigenvalue weighted by Crippen LogP contribution is -2.33. The van der Waals surface area contributed by atoms with Crippen LogP contribution in [0.5, 0.6) is 0 Å². The summed E-state index contributed by atoms with van der Waals surface area (Å²) in [6.07, 6.45) is 3.13. The number of rotatable bonds is 9. The van der Waals surface area contributed by atoms with Gasteiger partial charge in [0.15, 0.2) is 0 Å². The van der Waals surface area contributed by atoms with Gasteiger partial charge in [-0.15, -0.1) is 0 Å². The Bertz CT molecular complexity index is 927. The van der Waals surface area contributed by atoms with Crippen LogP contribution in [0.1, 0.15) is 78.1 Å². The van der Waals surface area contributed by atoms with Crippen LogP contribution in [0.2, 0.25) is 0 Å². The number of nitrogens with zero attached hydrogens (tertiary/aromatic N) is 1. The molecule has 1 N–H and O–H groups in total. The summed E-state index contributed by atoms with van der Waals surface area (Å²) in [6, 6.07) is 0. The van der Waals surface area contributed by atoms with Crippen molar-refractivity contribution in [2.45, 2.75) is 59.5 Å². The van der Waals surface area contributed by atoms with Crippen molar-refractivity contribution in [3.63, 3.8) is 0 Å². The molecule has 1 aliphatic heterocycles. The van der Waals surface area contributed by atoms with E-state index in [-0.39, 0.29) is 73.4 Å². The van der Waals surface area contributed by atoms with Crippen LogP contribution in [0.25, 0.3) is 0 Å². The van der Waals surface area contributed by atoms with Gasteiger partial charge in [0, 0.05) is 6.54 Å². The molecular weight excluding hydrogens is 432 g/mol. The van der Waals surface area contributed by atoms with Crippen LogP contribution in [-0.4, -0.2) is 59.4 Å². The standard InChI is InChI=1S/C23H30N2O8/c1-4-31-22(29)18-13(3)19(23(30)32-5-2)24-16(18)12-33-17(26)10-11-25-20(27)14-8-6-7-9-15(14)21(25)28/h14-15,24H,4-12H2,1-3H3. The van der Waals surface area contributed by atoms with Gasteiger partial charge < -0.3 is 19.2 Å². The Hall–Kier alpha value is -3.17. The van der Waals surface area contributed by atoms with Gasteiger partial charge in [0.25, 0.3) is 0 Å². The van der Waals surface area contributed by atoms with Crippen molar-refractivity contribution < 1.29 is 38.2 Å². The summed E-state index contributed by atoms with van der Waals surface area (Å²) in [5.74, 6) is -2.86. The minimum atomic E-state index is -0.649. The maximum Gasteiger partial charge on any atom is 0.355 e. The number of H-pyrrole nitrogens is 1. The van der Waals surface area contributed by atoms with Gasteiger partial charge in [-0.3, -0.25) is 19.3 Å². The van der Waals surface area contributed by atoms with Gasteiger partial charge >= 0.3 is 17.9 Å². The third-order valence-corrected chi connectivity index (χ3v) is 6.14. The number of likely N-dealkylation sites (tertiary alicyclic amines) is 1. The molecule has 2 atom stereocenters. The molecule has 1 aromatic heterocycles. The second-order valence-electron chi connectivity index (χ2n) is 8.16. The summed E-state index contributed by atoms with van der Waals surface area (Å²) in [6.45, 7) is 4.85. The summed E-state index contributed by atoms with van der Waals surface area (Å²) < 4.78 is 15.3. The zero-order valence-electron chi connectivity index (χ0n) is 19.2. The smallest absolute Gasteiger partial charge is 0.355 e. The minimum Gasteiger partial charge on any atom is -0.462 e. The van der Waals surface area contributed by atoms with E-state index in [9.17, 15) is 24.0 Å². The largest absolute Gasteiger partial charge is 0.462 e. The number of carbonyl (C=O) groups excluding carboxylic acids is 5. The maximum absolute atomic E-state index is 12.5. The lowest BCUT2D eigenvalue weighted by Gasteiger charge is -2.19. The van der Waals surface area contributed by atoms with Crippen LogP contribution >= 0.6 is 0 Å². The Kier molecular flexibility index (Phi) is 7.88. The zero-order valence-corrected chi connectivity index (χ0v) is 19.2. The second-order valence-corrected chi connectivity index (χ2v) is 8.16. The van der Waals surface area contributed by atoms with E-state index in [1.165, 1.54) is 4.90 Å². The fraction of sp³-hybridized carbons (Fsp3) is 0.609. The van der Waals surface area contributed by atoms with Gasteiger partial charge in [0.2, 0.25) is 11.8 Å². The number of aromatic nitrogens is 1. The van der Waals surface area contributed by atoms with E-state index in [0.717, 1.165) is 12.8 Å². The first-order chi connectivity index (χ1) is 15.8. The minimum absolute atomic E-state index is 0.0357. The number of imide groups is 1. The molecule has 33 heavy (non-hydrogen) atoms. The second kappa shape index (κ2) is 10.6. The van der Waals surface area contributed by atoms with Gasteiger partial charge in [-0.25, -0.2) is 9.59 Å². The Morgan fingerprint density at radius 2 is 1.52 bits per heavy atom. The molecule has 2 fully saturated rings. The highest BCUT2D eigenvalue weighted by Gasteiger charge is 2.47. The summed E-state index contributed by atoms with van der Waals surface area (Å²) in [4.78, 5) is 66.0. The number of fused-ring (bicyclic) bond motifs is 1. The van der Waals surface area contributed by atoms with E-state index in [4.69, 9.17) is 14.2 Å². The first-order valence-electron chi connectivity index (χ1n) is 11.4. The Labute approximate surface area is 191 Å². The van der Waals surface area contributed by atoms with E-state index in [1.807, 2.05) is 0 Å². The lowest BCUT2D eigenvalue weighted by molar-refractivity contribution is -0.146. The van der Waals surface area contributed by atoms with Crippen molar-refractivity contribution >= 4 is 29.7 Å². The van der Waals surface area contributed by atoms with Gasteiger partial charge in [0.1, 0.15) is 12.3 Å². The highest BCUT2D eigenvalue weighted by molar-refractivity contribution is 6.05. The van der Waals surface area contributed by atoms with Crippen LogP contribution in [0.15, 0.2) is 0 Å². The summed E-state index contributed by atoms with van der Waals surface area (Å²) in [5.41, 5.74) is 0.749. The summed E-state index contributed by atoms with van der Waals surface area (Å²) >= 11 is 0. The molecule has 2 aliphatic rings. The van der Waals surface area contributed by atoms with E-state index < -0.39 is 17.9 Å². The average Bonchev–Trinajstić information content (AvgIpc) is 3.25. The normalized spacial score (nSPS) is 19.9. The highest BCUT2D eigenvalue weighted by atomic mass is 16.5. The Morgan fingerprint density at radius 1 is 0.939 bits per heavy atom. The third kappa shape index (κ3) is 5.09. The molecule has 0 spiro atoms. The predicted molar refractivity (Wildman–Crippen MR) is 114 cm³/mol. The fourth-order valence-electron chi connectivity index (χ4n) is 4.53. The molecule has 1 aromatic rings. The topological polar surface area (TPSA) is 132 Å². The van der Waals surface area contributed by atoms with Crippen molar-refractivity contribution in [1.29, 1.82) is 0 Å². The number of aromatic amines is 1. The zero-order chi connectivity index (χ0) is 24.1. The van der Waals surface area contributed by atoms with E-state index in [2.05, 4.69) is 4.98 Å².